The molecule has 0 aliphatic heterocycles. The number of benzene rings is 1. The van der Waals surface area contributed by atoms with Gasteiger partial charge in [0.1, 0.15) is 5.75 Å². The largest absolute Gasteiger partial charge is 0.543 e. The summed E-state index contributed by atoms with van der Waals surface area (Å²) in [6.45, 7) is 16.7. The Bertz CT molecular complexity index is 862. The molecule has 3 aliphatic carbocycles. The van der Waals surface area contributed by atoms with E-state index in [4.69, 9.17) is 4.43 Å². The van der Waals surface area contributed by atoms with Crippen LogP contribution in [0.15, 0.2) is 23.8 Å². The van der Waals surface area contributed by atoms with Crippen LogP contribution in [0.25, 0.3) is 0 Å². The Morgan fingerprint density at radius 2 is 1.90 bits per heavy atom. The molecule has 0 aromatic heterocycles. The van der Waals surface area contributed by atoms with Gasteiger partial charge in [0.2, 0.25) is 8.32 Å². The fourth-order valence-corrected chi connectivity index (χ4v) is 7.78. The molecule has 0 heterocycles. The number of aliphatic hydroxyl groups excluding tert-OH is 1. The number of hydrogen-bond acceptors (Lipinski definition) is 2. The second kappa shape index (κ2) is 8.06. The van der Waals surface area contributed by atoms with E-state index < -0.39 is 8.32 Å². The highest BCUT2D eigenvalue weighted by Crippen LogP contribution is 2.63. The Morgan fingerprint density at radius 1 is 1.16 bits per heavy atom. The van der Waals surface area contributed by atoms with Crippen LogP contribution < -0.4 is 4.43 Å². The van der Waals surface area contributed by atoms with Crippen LogP contribution in [0.1, 0.15) is 89.3 Å². The molecule has 31 heavy (non-hydrogen) atoms. The molecule has 2 fully saturated rings. The molecule has 1 N–H and O–H groups in total. The molecule has 0 saturated heterocycles. The predicted octanol–water partition coefficient (Wildman–Crippen LogP) is 7.41. The zero-order chi connectivity index (χ0) is 22.6. The van der Waals surface area contributed by atoms with E-state index in [1.165, 1.54) is 55.4 Å². The maximum atomic E-state index is 9.52. The summed E-state index contributed by atoms with van der Waals surface area (Å²) in [6, 6.07) is 4.97. The summed E-state index contributed by atoms with van der Waals surface area (Å²) < 4.78 is 6.82. The van der Waals surface area contributed by atoms with Crippen molar-refractivity contribution in [1.82, 2.24) is 0 Å². The van der Waals surface area contributed by atoms with Crippen molar-refractivity contribution in [3.05, 3.63) is 40.5 Å². The van der Waals surface area contributed by atoms with E-state index in [0.717, 1.165) is 18.3 Å². The summed E-state index contributed by atoms with van der Waals surface area (Å²) in [5.74, 6) is 3.46. The van der Waals surface area contributed by atoms with Crippen molar-refractivity contribution in [2.75, 3.05) is 6.61 Å². The molecule has 0 bridgehead atoms. The van der Waals surface area contributed by atoms with Crippen LogP contribution in [-0.4, -0.2) is 20.0 Å². The van der Waals surface area contributed by atoms with Gasteiger partial charge in [0.05, 0.1) is 6.61 Å². The highest BCUT2D eigenvalue weighted by molar-refractivity contribution is 6.74. The lowest BCUT2D eigenvalue weighted by molar-refractivity contribution is 0.0809. The molecule has 1 aromatic carbocycles. The predicted molar refractivity (Wildman–Crippen MR) is 133 cm³/mol. The van der Waals surface area contributed by atoms with Gasteiger partial charge in [-0.2, -0.15) is 0 Å². The lowest BCUT2D eigenvalue weighted by Gasteiger charge is -2.50. The SMILES string of the molecule is CCc1cc2c(cc1O[Si](C)(C)C(C)(C)C)CCC1C2CC[C@]2(C)/C(=C/CO)CCC12. The van der Waals surface area contributed by atoms with E-state index in [2.05, 4.69) is 65.9 Å². The molecule has 3 unspecified atom stereocenters. The zero-order valence-corrected chi connectivity index (χ0v) is 22.0. The lowest BCUT2D eigenvalue weighted by atomic mass is 9.55. The van der Waals surface area contributed by atoms with E-state index in [0.29, 0.717) is 11.3 Å². The van der Waals surface area contributed by atoms with Gasteiger partial charge in [-0.15, -0.1) is 0 Å². The van der Waals surface area contributed by atoms with Crippen molar-refractivity contribution < 1.29 is 9.53 Å². The molecular weight excluding hydrogens is 396 g/mol. The first-order valence-corrected chi connectivity index (χ1v) is 15.6. The molecule has 172 valence electrons. The number of aryl methyl sites for hydroxylation is 2. The van der Waals surface area contributed by atoms with Crippen LogP contribution in [0.5, 0.6) is 5.75 Å². The number of fused-ring (bicyclic) bond motifs is 5. The number of hydrogen-bond donors (Lipinski definition) is 1. The van der Waals surface area contributed by atoms with Crippen LogP contribution in [0.2, 0.25) is 18.1 Å². The smallest absolute Gasteiger partial charge is 0.250 e. The first kappa shape index (κ1) is 23.1. The van der Waals surface area contributed by atoms with E-state index in [9.17, 15) is 5.11 Å². The van der Waals surface area contributed by atoms with E-state index in [-0.39, 0.29) is 11.6 Å². The minimum atomic E-state index is -1.84. The third-order valence-corrected chi connectivity index (χ3v) is 14.0. The molecule has 2 saturated carbocycles. The van der Waals surface area contributed by atoms with Crippen molar-refractivity contribution in [3.63, 3.8) is 0 Å². The summed E-state index contributed by atoms with van der Waals surface area (Å²) in [4.78, 5) is 0. The third-order valence-electron chi connectivity index (χ3n) is 9.64. The van der Waals surface area contributed by atoms with Crippen LogP contribution in [-0.2, 0) is 12.8 Å². The van der Waals surface area contributed by atoms with Crippen LogP contribution in [0.4, 0.5) is 0 Å². The van der Waals surface area contributed by atoms with Gasteiger partial charge in [-0.05, 0) is 109 Å². The van der Waals surface area contributed by atoms with Gasteiger partial charge in [-0.25, -0.2) is 0 Å². The molecule has 4 rings (SSSR count). The highest BCUT2D eigenvalue weighted by atomic mass is 28.4. The Morgan fingerprint density at radius 3 is 2.55 bits per heavy atom. The number of allylic oxidation sites excluding steroid dienone is 1. The van der Waals surface area contributed by atoms with Crippen molar-refractivity contribution in [3.8, 4) is 5.75 Å². The lowest BCUT2D eigenvalue weighted by Crippen LogP contribution is -2.44. The molecule has 1 aromatic rings. The molecular formula is C28H44O2Si. The van der Waals surface area contributed by atoms with Gasteiger partial charge in [0.25, 0.3) is 0 Å². The normalized spacial score (nSPS) is 31.9. The molecule has 3 heteroatoms. The second-order valence-electron chi connectivity index (χ2n) is 12.2. The molecule has 4 atom stereocenters. The van der Waals surface area contributed by atoms with E-state index >= 15 is 0 Å². The minimum absolute atomic E-state index is 0.200. The monoisotopic (exact) mass is 440 g/mol. The van der Waals surface area contributed by atoms with Gasteiger partial charge in [0.15, 0.2) is 0 Å². The fraction of sp³-hybridized carbons (Fsp3) is 0.714. The maximum absolute atomic E-state index is 9.52. The first-order valence-electron chi connectivity index (χ1n) is 12.7. The Kier molecular flexibility index (Phi) is 6.01. The Balaban J connectivity index is 1.66. The van der Waals surface area contributed by atoms with Gasteiger partial charge < -0.3 is 9.53 Å². The van der Waals surface area contributed by atoms with Crippen molar-refractivity contribution >= 4 is 8.32 Å². The number of aliphatic hydroxyl groups is 1. The molecule has 2 nitrogen and oxygen atoms in total. The zero-order valence-electron chi connectivity index (χ0n) is 21.0. The van der Waals surface area contributed by atoms with Crippen LogP contribution in [0, 0.1) is 17.3 Å². The Hall–Kier alpha value is -1.06. The summed E-state index contributed by atoms with van der Waals surface area (Å²) >= 11 is 0. The van der Waals surface area contributed by atoms with E-state index in [1.807, 2.05) is 0 Å². The number of rotatable bonds is 4. The second-order valence-corrected chi connectivity index (χ2v) is 16.9. The molecule has 0 radical (unpaired) electrons. The van der Waals surface area contributed by atoms with Gasteiger partial charge >= 0.3 is 0 Å². The summed E-state index contributed by atoms with van der Waals surface area (Å²) in [5, 5.41) is 9.74. The average Bonchev–Trinajstić information content (AvgIpc) is 3.03. The first-order chi connectivity index (χ1) is 14.5. The van der Waals surface area contributed by atoms with Crippen molar-refractivity contribution in [2.45, 2.75) is 104 Å². The van der Waals surface area contributed by atoms with Gasteiger partial charge in [-0.1, -0.05) is 52.3 Å². The van der Waals surface area contributed by atoms with Crippen molar-refractivity contribution in [1.29, 1.82) is 0 Å². The third kappa shape index (κ3) is 3.84. The van der Waals surface area contributed by atoms with Gasteiger partial charge in [-0.3, -0.25) is 0 Å². The quantitative estimate of drug-likeness (QED) is 0.390. The molecule has 0 spiro atoms. The van der Waals surface area contributed by atoms with Crippen molar-refractivity contribution in [2.24, 2.45) is 17.3 Å². The van der Waals surface area contributed by atoms with Gasteiger partial charge in [0, 0.05) is 0 Å². The van der Waals surface area contributed by atoms with E-state index in [1.54, 1.807) is 11.1 Å². The minimum Gasteiger partial charge on any atom is -0.543 e. The molecule has 0 amide bonds. The summed E-state index contributed by atoms with van der Waals surface area (Å²) in [7, 11) is -1.84. The Labute approximate surface area is 191 Å². The van der Waals surface area contributed by atoms with Crippen LogP contribution in [0.3, 0.4) is 0 Å². The average molecular weight is 441 g/mol. The highest BCUT2D eigenvalue weighted by Gasteiger charge is 2.52. The topological polar surface area (TPSA) is 29.5 Å². The summed E-state index contributed by atoms with van der Waals surface area (Å²) in [5.41, 5.74) is 6.46. The van der Waals surface area contributed by atoms with Crippen LogP contribution >= 0.6 is 0 Å². The summed E-state index contributed by atoms with van der Waals surface area (Å²) in [6.07, 6.45) is 10.7. The fourth-order valence-electron chi connectivity index (χ4n) is 6.74. The molecule has 3 aliphatic rings. The maximum Gasteiger partial charge on any atom is 0.250 e. The standard InChI is InChI=1S/C28H44O2Si/c1-8-19-17-24-20(18-26(19)30-31(6,7)27(2,3)4)9-11-23-22(24)13-15-28(5)21(14-16-29)10-12-25(23)28/h14,17-18,22-23,25,29H,8-13,15-16H2,1-7H3/b21-14+/t22?,23?,25?,28-/m1/s1.